The van der Waals surface area contributed by atoms with Gasteiger partial charge < -0.3 is 15.8 Å². The molecule has 1 aliphatic heterocycles. The van der Waals surface area contributed by atoms with Crippen molar-refractivity contribution in [2.24, 2.45) is 0 Å². The Labute approximate surface area is 190 Å². The maximum atomic E-state index is 6.18. The first-order valence-electron chi connectivity index (χ1n) is 10.6. The number of nitrogens with zero attached hydrogens (tertiary/aromatic N) is 6. The minimum atomic E-state index is -0.0458. The Bertz CT molecular complexity index is 1240. The van der Waals surface area contributed by atoms with Gasteiger partial charge in [0.15, 0.2) is 12.1 Å². The SMILES string of the molecule is Nc1nc(NCCc2ncccc2Cl)nc(-c2ccc3cnn(C4CCCCO4)c3c2)n1. The van der Waals surface area contributed by atoms with Crippen molar-refractivity contribution >= 4 is 34.4 Å². The molecule has 0 spiro atoms. The number of aromatic nitrogens is 6. The highest BCUT2D eigenvalue weighted by Crippen LogP contribution is 2.29. The van der Waals surface area contributed by atoms with Crippen LogP contribution >= 0.6 is 11.6 Å². The summed E-state index contributed by atoms with van der Waals surface area (Å²) < 4.78 is 7.86. The topological polar surface area (TPSA) is 117 Å². The second-order valence-electron chi connectivity index (χ2n) is 7.63. The fourth-order valence-electron chi connectivity index (χ4n) is 3.82. The number of rotatable bonds is 6. The Hall–Kier alpha value is -3.30. The maximum Gasteiger partial charge on any atom is 0.228 e. The minimum absolute atomic E-state index is 0.0458. The van der Waals surface area contributed by atoms with Gasteiger partial charge in [0.2, 0.25) is 11.9 Å². The summed E-state index contributed by atoms with van der Waals surface area (Å²) in [5.74, 6) is 1.05. The van der Waals surface area contributed by atoms with Gasteiger partial charge in [-0.3, -0.25) is 4.98 Å². The summed E-state index contributed by atoms with van der Waals surface area (Å²) in [6.45, 7) is 1.32. The maximum absolute atomic E-state index is 6.18. The Morgan fingerprint density at radius 1 is 1.19 bits per heavy atom. The normalized spacial score (nSPS) is 16.3. The van der Waals surface area contributed by atoms with Crippen LogP contribution in [0.3, 0.4) is 0 Å². The number of ether oxygens (including phenoxy) is 1. The third-order valence-electron chi connectivity index (χ3n) is 5.42. The van der Waals surface area contributed by atoms with Gasteiger partial charge in [0.1, 0.15) is 0 Å². The van der Waals surface area contributed by atoms with Crippen molar-refractivity contribution in [1.82, 2.24) is 29.7 Å². The molecule has 3 aromatic heterocycles. The van der Waals surface area contributed by atoms with Crippen molar-refractivity contribution in [3.63, 3.8) is 0 Å². The summed E-state index contributed by atoms with van der Waals surface area (Å²) in [6.07, 6.45) is 7.34. The molecule has 0 bridgehead atoms. The second kappa shape index (κ2) is 9.05. The number of nitrogens with one attached hydrogen (secondary N) is 1. The van der Waals surface area contributed by atoms with Crippen LogP contribution in [0.25, 0.3) is 22.3 Å². The van der Waals surface area contributed by atoms with Gasteiger partial charge in [-0.1, -0.05) is 23.7 Å². The van der Waals surface area contributed by atoms with Crippen LogP contribution in [-0.4, -0.2) is 42.9 Å². The van der Waals surface area contributed by atoms with Crippen LogP contribution < -0.4 is 11.1 Å². The molecule has 32 heavy (non-hydrogen) atoms. The van der Waals surface area contributed by atoms with Crippen molar-refractivity contribution in [1.29, 1.82) is 0 Å². The molecule has 5 rings (SSSR count). The second-order valence-corrected chi connectivity index (χ2v) is 8.04. The summed E-state index contributed by atoms with van der Waals surface area (Å²) in [5, 5.41) is 9.41. The van der Waals surface area contributed by atoms with E-state index in [0.29, 0.717) is 29.8 Å². The molecule has 1 atom stereocenters. The van der Waals surface area contributed by atoms with E-state index in [1.807, 2.05) is 35.1 Å². The molecule has 4 heterocycles. The van der Waals surface area contributed by atoms with Crippen LogP contribution in [0.5, 0.6) is 0 Å². The van der Waals surface area contributed by atoms with E-state index in [1.54, 1.807) is 12.3 Å². The Kier molecular flexibility index (Phi) is 5.83. The number of fused-ring (bicyclic) bond motifs is 1. The number of anilines is 2. The summed E-state index contributed by atoms with van der Waals surface area (Å²) in [6, 6.07) is 9.62. The largest absolute Gasteiger partial charge is 0.368 e. The molecule has 1 fully saturated rings. The number of pyridine rings is 1. The van der Waals surface area contributed by atoms with E-state index in [1.165, 1.54) is 0 Å². The third-order valence-corrected chi connectivity index (χ3v) is 5.76. The van der Waals surface area contributed by atoms with Crippen LogP contribution in [0, 0.1) is 0 Å². The van der Waals surface area contributed by atoms with Gasteiger partial charge in [-0.25, -0.2) is 4.68 Å². The number of hydrogen-bond acceptors (Lipinski definition) is 8. The smallest absolute Gasteiger partial charge is 0.228 e. The van der Waals surface area contributed by atoms with Gasteiger partial charge >= 0.3 is 0 Å². The molecule has 0 radical (unpaired) electrons. The van der Waals surface area contributed by atoms with Gasteiger partial charge in [-0.2, -0.15) is 20.1 Å². The summed E-state index contributed by atoms with van der Waals surface area (Å²) in [5.41, 5.74) is 8.60. The lowest BCUT2D eigenvalue weighted by molar-refractivity contribution is -0.0366. The lowest BCUT2D eigenvalue weighted by Crippen LogP contribution is -2.18. The van der Waals surface area contributed by atoms with E-state index in [2.05, 4.69) is 30.4 Å². The fraction of sp³-hybridized carbons (Fsp3) is 0.318. The van der Waals surface area contributed by atoms with Gasteiger partial charge in [0.05, 0.1) is 22.4 Å². The van der Waals surface area contributed by atoms with E-state index in [4.69, 9.17) is 22.1 Å². The predicted octanol–water partition coefficient (Wildman–Crippen LogP) is 3.87. The number of benzene rings is 1. The van der Waals surface area contributed by atoms with Gasteiger partial charge in [0.25, 0.3) is 0 Å². The molecule has 0 saturated carbocycles. The molecule has 1 unspecified atom stereocenters. The van der Waals surface area contributed by atoms with Gasteiger partial charge in [-0.15, -0.1) is 0 Å². The molecule has 164 valence electrons. The lowest BCUT2D eigenvalue weighted by atomic mass is 10.1. The molecule has 4 aromatic rings. The van der Waals surface area contributed by atoms with Crippen molar-refractivity contribution in [3.05, 3.63) is 53.4 Å². The summed E-state index contributed by atoms with van der Waals surface area (Å²) >= 11 is 6.18. The van der Waals surface area contributed by atoms with E-state index in [0.717, 1.165) is 48.0 Å². The van der Waals surface area contributed by atoms with Crippen LogP contribution in [0.4, 0.5) is 11.9 Å². The number of nitrogen functional groups attached to an aromatic ring is 1. The average molecular weight is 451 g/mol. The van der Waals surface area contributed by atoms with Crippen LogP contribution in [0.2, 0.25) is 5.02 Å². The highest BCUT2D eigenvalue weighted by Gasteiger charge is 2.19. The average Bonchev–Trinajstić information content (AvgIpc) is 3.24. The number of hydrogen-bond donors (Lipinski definition) is 2. The highest BCUT2D eigenvalue weighted by molar-refractivity contribution is 6.31. The Morgan fingerprint density at radius 3 is 2.97 bits per heavy atom. The molecular weight excluding hydrogens is 428 g/mol. The van der Waals surface area contributed by atoms with E-state index < -0.39 is 0 Å². The van der Waals surface area contributed by atoms with Crippen molar-refractivity contribution < 1.29 is 4.74 Å². The zero-order valence-electron chi connectivity index (χ0n) is 17.4. The molecule has 3 N–H and O–H groups in total. The third kappa shape index (κ3) is 4.35. The first-order chi connectivity index (χ1) is 15.7. The highest BCUT2D eigenvalue weighted by atomic mass is 35.5. The molecule has 0 aliphatic carbocycles. The predicted molar refractivity (Wildman–Crippen MR) is 123 cm³/mol. The summed E-state index contributed by atoms with van der Waals surface area (Å²) in [4.78, 5) is 17.4. The number of halogens is 1. The molecule has 10 heteroatoms. The van der Waals surface area contributed by atoms with E-state index in [-0.39, 0.29) is 12.2 Å². The quantitative estimate of drug-likeness (QED) is 0.454. The molecular formula is C22H23ClN8O. The standard InChI is InChI=1S/C22H23ClN8O/c23-16-4-3-9-25-17(16)8-10-26-22-29-20(28-21(24)30-22)14-6-7-15-13-27-31(18(15)12-14)19-5-1-2-11-32-19/h3-4,6-7,9,12-13,19H,1-2,5,8,10-11H2,(H3,24,26,28,29,30). The van der Waals surface area contributed by atoms with Crippen LogP contribution in [0.1, 0.15) is 31.2 Å². The number of nitrogens with two attached hydrogens (primary N) is 1. The molecule has 9 nitrogen and oxygen atoms in total. The molecule has 0 amide bonds. The Balaban J connectivity index is 1.38. The van der Waals surface area contributed by atoms with Gasteiger partial charge in [-0.05, 0) is 37.5 Å². The van der Waals surface area contributed by atoms with E-state index >= 15 is 0 Å². The molecule has 1 saturated heterocycles. The minimum Gasteiger partial charge on any atom is -0.368 e. The fourth-order valence-corrected chi connectivity index (χ4v) is 4.03. The van der Waals surface area contributed by atoms with Gasteiger partial charge in [0, 0.05) is 36.7 Å². The van der Waals surface area contributed by atoms with E-state index in [9.17, 15) is 0 Å². The van der Waals surface area contributed by atoms with Crippen molar-refractivity contribution in [2.75, 3.05) is 24.2 Å². The first-order valence-corrected chi connectivity index (χ1v) is 11.0. The van der Waals surface area contributed by atoms with Crippen molar-refractivity contribution in [2.45, 2.75) is 31.9 Å². The molecule has 1 aliphatic rings. The lowest BCUT2D eigenvalue weighted by Gasteiger charge is -2.23. The Morgan fingerprint density at radius 2 is 2.12 bits per heavy atom. The summed E-state index contributed by atoms with van der Waals surface area (Å²) in [7, 11) is 0. The first kappa shape index (κ1) is 20.6. The van der Waals surface area contributed by atoms with Crippen molar-refractivity contribution in [3.8, 4) is 11.4 Å². The van der Waals surface area contributed by atoms with Crippen LogP contribution in [-0.2, 0) is 11.2 Å². The monoisotopic (exact) mass is 450 g/mol. The zero-order chi connectivity index (χ0) is 21.9. The van der Waals surface area contributed by atoms with Crippen LogP contribution in [0.15, 0.2) is 42.7 Å². The molecule has 1 aromatic carbocycles. The zero-order valence-corrected chi connectivity index (χ0v) is 18.2.